The van der Waals surface area contributed by atoms with Crippen molar-refractivity contribution in [1.29, 1.82) is 0 Å². The van der Waals surface area contributed by atoms with Gasteiger partial charge < -0.3 is 20.8 Å². The first-order valence-corrected chi connectivity index (χ1v) is 10.6. The number of allylic oxidation sites excluding steroid dienone is 1. The zero-order valence-electron chi connectivity index (χ0n) is 17.4. The predicted octanol–water partition coefficient (Wildman–Crippen LogP) is 3.97. The normalized spacial score (nSPS) is 16.4. The number of para-hydroxylation sites is 1. The van der Waals surface area contributed by atoms with E-state index in [1.165, 1.54) is 22.1 Å². The molecule has 0 bridgehead atoms. The number of nitrogens with one attached hydrogen (secondary N) is 2. The van der Waals surface area contributed by atoms with Gasteiger partial charge in [-0.25, -0.2) is 0 Å². The van der Waals surface area contributed by atoms with Crippen molar-refractivity contribution >= 4 is 22.4 Å². The van der Waals surface area contributed by atoms with E-state index in [0.717, 1.165) is 49.1 Å². The Morgan fingerprint density at radius 1 is 1.27 bits per heavy atom. The number of primary amides is 1. The number of aromatic amines is 1. The third-order valence-corrected chi connectivity index (χ3v) is 5.90. The van der Waals surface area contributed by atoms with Crippen LogP contribution in [-0.2, 0) is 17.6 Å². The van der Waals surface area contributed by atoms with Gasteiger partial charge in [0.1, 0.15) is 5.75 Å². The molecule has 1 aromatic heterocycles. The van der Waals surface area contributed by atoms with Gasteiger partial charge >= 0.3 is 0 Å². The third-order valence-electron chi connectivity index (χ3n) is 5.90. The minimum atomic E-state index is -0.301. The van der Waals surface area contributed by atoms with E-state index in [4.69, 9.17) is 10.5 Å². The summed E-state index contributed by atoms with van der Waals surface area (Å²) in [5, 5.41) is 4.86. The van der Waals surface area contributed by atoms with Crippen LogP contribution >= 0.6 is 0 Å². The summed E-state index contributed by atoms with van der Waals surface area (Å²) in [6.07, 6.45) is 8.85. The van der Waals surface area contributed by atoms with Crippen molar-refractivity contribution in [3.05, 3.63) is 71.4 Å². The standard InChI is InChI=1S/C25H29N3O2/c1-30-24-5-3-2-4-19(24)12-13-27-20-9-7-18(8-10-20)22-16-28-23-11-6-17(14-21(22)23)15-25(26)29/h2-7,11,14,16,20,27-28H,8-10,12-13,15H2,1H3,(H2,26,29). The number of ether oxygens (including phenoxy) is 1. The average Bonchev–Trinajstić information content (AvgIpc) is 3.17. The molecule has 4 N–H and O–H groups in total. The van der Waals surface area contributed by atoms with E-state index in [9.17, 15) is 4.79 Å². The summed E-state index contributed by atoms with van der Waals surface area (Å²) < 4.78 is 5.44. The highest BCUT2D eigenvalue weighted by atomic mass is 16.5. The average molecular weight is 404 g/mol. The predicted molar refractivity (Wildman–Crippen MR) is 122 cm³/mol. The van der Waals surface area contributed by atoms with Crippen molar-refractivity contribution in [3.63, 3.8) is 0 Å². The minimum Gasteiger partial charge on any atom is -0.496 e. The molecule has 0 saturated heterocycles. The van der Waals surface area contributed by atoms with Crippen molar-refractivity contribution in [2.75, 3.05) is 13.7 Å². The molecule has 0 fully saturated rings. The van der Waals surface area contributed by atoms with Crippen LogP contribution in [0.15, 0.2) is 54.7 Å². The van der Waals surface area contributed by atoms with Gasteiger partial charge in [-0.1, -0.05) is 30.3 Å². The Bertz CT molecular complexity index is 1070. The molecule has 156 valence electrons. The first kappa shape index (κ1) is 20.2. The lowest BCUT2D eigenvalue weighted by Crippen LogP contribution is -2.32. The monoisotopic (exact) mass is 403 g/mol. The molecule has 1 aliphatic rings. The Morgan fingerprint density at radius 3 is 2.90 bits per heavy atom. The SMILES string of the molecule is COc1ccccc1CCNC1CC=C(c2c[nH]c3ccc(CC(N)=O)cc23)CC1. The van der Waals surface area contributed by atoms with Gasteiger partial charge in [0.25, 0.3) is 0 Å². The fourth-order valence-corrected chi connectivity index (χ4v) is 4.33. The van der Waals surface area contributed by atoms with Crippen LogP contribution in [0, 0.1) is 0 Å². The van der Waals surface area contributed by atoms with Gasteiger partial charge in [-0.2, -0.15) is 0 Å². The number of rotatable bonds is 8. The Balaban J connectivity index is 1.38. The first-order valence-electron chi connectivity index (χ1n) is 10.6. The number of amides is 1. The molecule has 2 aromatic carbocycles. The molecule has 0 spiro atoms. The van der Waals surface area contributed by atoms with Crippen molar-refractivity contribution < 1.29 is 9.53 Å². The van der Waals surface area contributed by atoms with E-state index in [2.05, 4.69) is 40.8 Å². The summed E-state index contributed by atoms with van der Waals surface area (Å²) in [6.45, 7) is 0.942. The number of methoxy groups -OCH3 is 1. The maximum Gasteiger partial charge on any atom is 0.221 e. The molecule has 0 saturated carbocycles. The van der Waals surface area contributed by atoms with E-state index in [1.54, 1.807) is 7.11 Å². The summed E-state index contributed by atoms with van der Waals surface area (Å²) in [4.78, 5) is 14.6. The van der Waals surface area contributed by atoms with Crippen LogP contribution in [0.1, 0.15) is 36.0 Å². The van der Waals surface area contributed by atoms with Gasteiger partial charge in [-0.3, -0.25) is 4.79 Å². The summed E-state index contributed by atoms with van der Waals surface area (Å²) in [7, 11) is 1.72. The van der Waals surface area contributed by atoms with Crippen molar-refractivity contribution in [2.45, 2.75) is 38.1 Å². The molecule has 5 heteroatoms. The van der Waals surface area contributed by atoms with E-state index >= 15 is 0 Å². The number of H-pyrrole nitrogens is 1. The molecule has 3 aromatic rings. The number of aromatic nitrogens is 1. The second-order valence-electron chi connectivity index (χ2n) is 7.94. The molecule has 1 aliphatic carbocycles. The molecule has 0 radical (unpaired) electrons. The molecule has 30 heavy (non-hydrogen) atoms. The van der Waals surface area contributed by atoms with Crippen molar-refractivity contribution in [3.8, 4) is 5.75 Å². The third kappa shape index (κ3) is 4.57. The molecular formula is C25H29N3O2. The van der Waals surface area contributed by atoms with Crippen LogP contribution in [0.3, 0.4) is 0 Å². The fourth-order valence-electron chi connectivity index (χ4n) is 4.33. The number of hydrogen-bond donors (Lipinski definition) is 3. The van der Waals surface area contributed by atoms with E-state index < -0.39 is 0 Å². The first-order chi connectivity index (χ1) is 14.6. The lowest BCUT2D eigenvalue weighted by molar-refractivity contribution is -0.117. The largest absolute Gasteiger partial charge is 0.496 e. The molecular weight excluding hydrogens is 374 g/mol. The fraction of sp³-hybridized carbons (Fsp3) is 0.320. The molecule has 1 unspecified atom stereocenters. The maximum atomic E-state index is 11.3. The molecule has 1 heterocycles. The van der Waals surface area contributed by atoms with Gasteiger partial charge in [0.15, 0.2) is 0 Å². The highest BCUT2D eigenvalue weighted by Gasteiger charge is 2.17. The summed E-state index contributed by atoms with van der Waals surface area (Å²) in [5.41, 5.74) is 11.3. The second-order valence-corrected chi connectivity index (χ2v) is 7.94. The van der Waals surface area contributed by atoms with E-state index in [-0.39, 0.29) is 12.3 Å². The topological polar surface area (TPSA) is 80.1 Å². The zero-order chi connectivity index (χ0) is 20.9. The number of benzene rings is 2. The van der Waals surface area contributed by atoms with Gasteiger partial charge in [-0.05, 0) is 67.1 Å². The smallest absolute Gasteiger partial charge is 0.221 e. The van der Waals surface area contributed by atoms with Gasteiger partial charge in [-0.15, -0.1) is 0 Å². The molecule has 5 nitrogen and oxygen atoms in total. The van der Waals surface area contributed by atoms with E-state index in [1.807, 2.05) is 24.3 Å². The van der Waals surface area contributed by atoms with Crippen LogP contribution in [0.4, 0.5) is 0 Å². The number of nitrogens with two attached hydrogens (primary N) is 1. The number of carbonyl (C=O) groups excluding carboxylic acids is 1. The number of carbonyl (C=O) groups is 1. The Labute approximate surface area is 177 Å². The maximum absolute atomic E-state index is 11.3. The summed E-state index contributed by atoms with van der Waals surface area (Å²) in [6, 6.07) is 14.8. The highest BCUT2D eigenvalue weighted by molar-refractivity contribution is 5.93. The Hall–Kier alpha value is -3.05. The van der Waals surface area contributed by atoms with E-state index in [0.29, 0.717) is 6.04 Å². The van der Waals surface area contributed by atoms with Crippen LogP contribution in [0.2, 0.25) is 0 Å². The number of fused-ring (bicyclic) bond motifs is 1. The molecule has 1 atom stereocenters. The summed E-state index contributed by atoms with van der Waals surface area (Å²) >= 11 is 0. The quantitative estimate of drug-likeness (QED) is 0.532. The Morgan fingerprint density at radius 2 is 2.13 bits per heavy atom. The molecule has 1 amide bonds. The lowest BCUT2D eigenvalue weighted by Gasteiger charge is -2.23. The van der Waals surface area contributed by atoms with Crippen molar-refractivity contribution in [1.82, 2.24) is 10.3 Å². The van der Waals surface area contributed by atoms with Crippen LogP contribution < -0.4 is 15.8 Å². The lowest BCUT2D eigenvalue weighted by atomic mass is 9.90. The minimum absolute atomic E-state index is 0.276. The molecule has 0 aliphatic heterocycles. The molecule has 4 rings (SSSR count). The van der Waals surface area contributed by atoms with Crippen LogP contribution in [-0.4, -0.2) is 30.6 Å². The zero-order valence-corrected chi connectivity index (χ0v) is 17.4. The van der Waals surface area contributed by atoms with Gasteiger partial charge in [0, 0.05) is 28.7 Å². The van der Waals surface area contributed by atoms with Crippen LogP contribution in [0.25, 0.3) is 16.5 Å². The van der Waals surface area contributed by atoms with Crippen molar-refractivity contribution in [2.24, 2.45) is 5.73 Å². The summed E-state index contributed by atoms with van der Waals surface area (Å²) in [5.74, 6) is 0.658. The second kappa shape index (κ2) is 9.18. The number of hydrogen-bond acceptors (Lipinski definition) is 3. The van der Waals surface area contributed by atoms with Gasteiger partial charge in [0.2, 0.25) is 5.91 Å². The highest BCUT2D eigenvalue weighted by Crippen LogP contribution is 2.32. The van der Waals surface area contributed by atoms with Gasteiger partial charge in [0.05, 0.1) is 13.5 Å². The van der Waals surface area contributed by atoms with Crippen LogP contribution in [0.5, 0.6) is 5.75 Å². The Kier molecular flexibility index (Phi) is 6.19.